The number of rotatable bonds is 1. The second-order valence-electron chi connectivity index (χ2n) is 6.71. The molecule has 0 N–H and O–H groups in total. The highest BCUT2D eigenvalue weighted by atomic mass is 16.5. The monoisotopic (exact) mass is 292 g/mol. The molecule has 2 atom stereocenters. The Morgan fingerprint density at radius 2 is 2.14 bits per heavy atom. The van der Waals surface area contributed by atoms with E-state index >= 15 is 0 Å². The van der Waals surface area contributed by atoms with Crippen molar-refractivity contribution in [3.05, 3.63) is 11.9 Å². The van der Waals surface area contributed by atoms with Crippen LogP contribution in [0.1, 0.15) is 38.9 Å². The van der Waals surface area contributed by atoms with Crippen LogP contribution in [0.3, 0.4) is 0 Å². The van der Waals surface area contributed by atoms with E-state index in [1.54, 1.807) is 31.9 Å². The molecular weight excluding hydrogens is 272 g/mol. The molecule has 0 bridgehead atoms. The normalized spacial score (nSPS) is 25.2. The molecule has 1 fully saturated rings. The van der Waals surface area contributed by atoms with Crippen molar-refractivity contribution in [3.63, 3.8) is 0 Å². The van der Waals surface area contributed by atoms with E-state index in [0.717, 1.165) is 5.69 Å². The third kappa shape index (κ3) is 2.46. The molecule has 0 unspecified atom stereocenters. The van der Waals surface area contributed by atoms with Crippen molar-refractivity contribution >= 4 is 11.7 Å². The third-order valence-electron chi connectivity index (χ3n) is 4.09. The number of fused-ring (bicyclic) bond motifs is 3. The number of nitrogens with zero attached hydrogens (tertiary/aromatic N) is 4. The van der Waals surface area contributed by atoms with E-state index in [1.807, 2.05) is 4.68 Å². The quantitative estimate of drug-likeness (QED) is 0.707. The molecule has 114 valence electrons. The molecule has 21 heavy (non-hydrogen) atoms. The van der Waals surface area contributed by atoms with Crippen LogP contribution >= 0.6 is 0 Å². The maximum absolute atomic E-state index is 12.4. The van der Waals surface area contributed by atoms with Crippen molar-refractivity contribution in [1.29, 1.82) is 0 Å². The van der Waals surface area contributed by atoms with E-state index < -0.39 is 11.3 Å². The Labute approximate surface area is 123 Å². The number of ketones is 1. The van der Waals surface area contributed by atoms with E-state index in [9.17, 15) is 9.59 Å². The molecule has 2 aliphatic heterocycles. The molecule has 0 aromatic carbocycles. The van der Waals surface area contributed by atoms with Crippen LogP contribution in [-0.4, -0.2) is 50.8 Å². The van der Waals surface area contributed by atoms with Crippen LogP contribution < -0.4 is 0 Å². The summed E-state index contributed by atoms with van der Waals surface area (Å²) in [6.07, 6.45) is 2.43. The van der Waals surface area contributed by atoms with Crippen LogP contribution in [0.4, 0.5) is 0 Å². The summed E-state index contributed by atoms with van der Waals surface area (Å²) in [5.41, 5.74) is 0.253. The van der Waals surface area contributed by atoms with Crippen molar-refractivity contribution in [3.8, 4) is 0 Å². The van der Waals surface area contributed by atoms with E-state index in [0.29, 0.717) is 26.1 Å². The number of ether oxygens (including phenoxy) is 1. The fourth-order valence-electron chi connectivity index (χ4n) is 2.83. The molecule has 3 heterocycles. The van der Waals surface area contributed by atoms with Crippen LogP contribution in [-0.2, 0) is 20.9 Å². The lowest BCUT2D eigenvalue weighted by Gasteiger charge is -2.41. The fraction of sp³-hybridized carbons (Fsp3) is 0.714. The van der Waals surface area contributed by atoms with Gasteiger partial charge in [-0.1, -0.05) is 26.0 Å². The van der Waals surface area contributed by atoms with Crippen molar-refractivity contribution < 1.29 is 14.3 Å². The molecule has 1 saturated heterocycles. The Morgan fingerprint density at radius 1 is 1.38 bits per heavy atom. The molecule has 1 amide bonds. The van der Waals surface area contributed by atoms with Gasteiger partial charge in [-0.05, 0) is 6.42 Å². The second kappa shape index (κ2) is 4.91. The maximum atomic E-state index is 12.4. The first kappa shape index (κ1) is 14.2. The largest absolute Gasteiger partial charge is 0.370 e. The Balaban J connectivity index is 1.78. The molecule has 2 aliphatic rings. The smallest absolute Gasteiger partial charge is 0.290 e. The average Bonchev–Trinajstić information content (AvgIpc) is 2.93. The zero-order valence-corrected chi connectivity index (χ0v) is 12.6. The Hall–Kier alpha value is -1.76. The number of aromatic nitrogens is 3. The molecule has 0 saturated carbocycles. The predicted molar refractivity (Wildman–Crippen MR) is 73.3 cm³/mol. The van der Waals surface area contributed by atoms with Gasteiger partial charge in [-0.2, -0.15) is 0 Å². The first-order valence-electron chi connectivity index (χ1n) is 7.22. The van der Waals surface area contributed by atoms with Crippen molar-refractivity contribution in [2.24, 2.45) is 5.41 Å². The minimum Gasteiger partial charge on any atom is -0.370 e. The third-order valence-corrected chi connectivity index (χ3v) is 4.09. The van der Waals surface area contributed by atoms with Gasteiger partial charge in [-0.25, -0.2) is 4.68 Å². The van der Waals surface area contributed by atoms with Gasteiger partial charge in [0.1, 0.15) is 0 Å². The number of piperidine rings is 1. The first-order valence-corrected chi connectivity index (χ1v) is 7.22. The number of carbonyl (C=O) groups is 2. The molecule has 0 radical (unpaired) electrons. The molecule has 1 aromatic rings. The van der Waals surface area contributed by atoms with Crippen molar-refractivity contribution in [1.82, 2.24) is 19.9 Å². The highest BCUT2D eigenvalue weighted by Crippen LogP contribution is 2.30. The summed E-state index contributed by atoms with van der Waals surface area (Å²) in [6.45, 7) is 6.79. The lowest BCUT2D eigenvalue weighted by atomic mass is 9.89. The SMILES string of the molecule is CC(C)(C)C(=O)C(=O)N1CC[C@@H]2OCc3cnnn3[C@@H]2C1. The van der Waals surface area contributed by atoms with E-state index in [4.69, 9.17) is 4.74 Å². The fourth-order valence-corrected chi connectivity index (χ4v) is 2.83. The number of likely N-dealkylation sites (tertiary alicyclic amines) is 1. The van der Waals surface area contributed by atoms with Gasteiger partial charge in [0.2, 0.25) is 5.78 Å². The predicted octanol–water partition coefficient (Wildman–Crippen LogP) is 0.565. The molecule has 7 heteroatoms. The van der Waals surface area contributed by atoms with Gasteiger partial charge < -0.3 is 9.64 Å². The molecule has 7 nitrogen and oxygen atoms in total. The van der Waals surface area contributed by atoms with Crippen molar-refractivity contribution in [2.75, 3.05) is 13.1 Å². The van der Waals surface area contributed by atoms with Crippen LogP contribution in [0, 0.1) is 5.41 Å². The molecule has 1 aromatic heterocycles. The summed E-state index contributed by atoms with van der Waals surface area (Å²) in [4.78, 5) is 26.1. The van der Waals surface area contributed by atoms with Crippen LogP contribution in [0.15, 0.2) is 6.20 Å². The average molecular weight is 292 g/mol. The molecule has 0 aliphatic carbocycles. The standard InChI is InChI=1S/C14H20N4O3/c1-14(2,3)12(19)13(20)17-5-4-11-10(7-17)18-9(8-21-11)6-15-16-18/h6,10-11H,4-5,7-8H2,1-3H3/t10-,11+/m1/s1. The topological polar surface area (TPSA) is 77.3 Å². The van der Waals surface area contributed by atoms with Gasteiger partial charge in [0.25, 0.3) is 5.91 Å². The maximum Gasteiger partial charge on any atom is 0.290 e. The Kier molecular flexibility index (Phi) is 3.32. The number of hydrogen-bond acceptors (Lipinski definition) is 5. The van der Waals surface area contributed by atoms with Crippen LogP contribution in [0.5, 0.6) is 0 Å². The first-order chi connectivity index (χ1) is 9.88. The van der Waals surface area contributed by atoms with Crippen molar-refractivity contribution in [2.45, 2.75) is 45.9 Å². The van der Waals surface area contributed by atoms with Gasteiger partial charge in [-0.3, -0.25) is 9.59 Å². The van der Waals surface area contributed by atoms with E-state index in [1.165, 1.54) is 0 Å². The second-order valence-corrected chi connectivity index (χ2v) is 6.71. The zero-order chi connectivity index (χ0) is 15.2. The van der Waals surface area contributed by atoms with Gasteiger partial charge in [0.05, 0.1) is 30.6 Å². The minimum atomic E-state index is -0.657. The summed E-state index contributed by atoms with van der Waals surface area (Å²) in [6, 6.07) is -0.0540. The number of carbonyl (C=O) groups excluding carboxylic acids is 2. The van der Waals surface area contributed by atoms with E-state index in [2.05, 4.69) is 10.3 Å². The van der Waals surface area contributed by atoms with Gasteiger partial charge in [0.15, 0.2) is 0 Å². The van der Waals surface area contributed by atoms with Crippen LogP contribution in [0.25, 0.3) is 0 Å². The molecule has 0 spiro atoms. The number of hydrogen-bond donors (Lipinski definition) is 0. The molecule has 3 rings (SSSR count). The number of Topliss-reactive ketones (excluding diaryl/α,β-unsaturated/α-hetero) is 1. The summed E-state index contributed by atoms with van der Waals surface area (Å²) >= 11 is 0. The highest BCUT2D eigenvalue weighted by molar-refractivity contribution is 6.37. The van der Waals surface area contributed by atoms with Gasteiger partial charge >= 0.3 is 0 Å². The lowest BCUT2D eigenvalue weighted by molar-refractivity contribution is -0.152. The summed E-state index contributed by atoms with van der Waals surface area (Å²) in [7, 11) is 0. The molecular formula is C14H20N4O3. The summed E-state index contributed by atoms with van der Waals surface area (Å²) in [5.74, 6) is -0.760. The summed E-state index contributed by atoms with van der Waals surface area (Å²) in [5, 5.41) is 7.99. The zero-order valence-electron chi connectivity index (χ0n) is 12.6. The van der Waals surface area contributed by atoms with Gasteiger partial charge in [0, 0.05) is 18.5 Å². The minimum absolute atomic E-state index is 0.0352. The Morgan fingerprint density at radius 3 is 2.86 bits per heavy atom. The highest BCUT2D eigenvalue weighted by Gasteiger charge is 2.40. The van der Waals surface area contributed by atoms with Crippen LogP contribution in [0.2, 0.25) is 0 Å². The van der Waals surface area contributed by atoms with Gasteiger partial charge in [-0.15, -0.1) is 5.10 Å². The number of amides is 1. The lowest BCUT2D eigenvalue weighted by Crippen LogP contribution is -2.52. The van der Waals surface area contributed by atoms with E-state index in [-0.39, 0.29) is 17.9 Å². The Bertz CT molecular complexity index is 575. The summed E-state index contributed by atoms with van der Waals surface area (Å²) < 4.78 is 7.63.